The molecule has 2 aromatic rings. The van der Waals surface area contributed by atoms with E-state index in [-0.39, 0.29) is 17.0 Å². The van der Waals surface area contributed by atoms with E-state index in [0.717, 1.165) is 12.1 Å². The van der Waals surface area contributed by atoms with Crippen molar-refractivity contribution in [3.8, 4) is 16.9 Å². The monoisotopic (exact) mass is 339 g/mol. The summed E-state index contributed by atoms with van der Waals surface area (Å²) >= 11 is 0. The smallest absolute Gasteiger partial charge is 0.405 e. The number of benzene rings is 2. The first-order valence-electron chi connectivity index (χ1n) is 7.29. The fraction of sp³-hybridized carbons (Fsp3) is 0.235. The van der Waals surface area contributed by atoms with E-state index in [1.807, 2.05) is 0 Å². The third-order valence-electron chi connectivity index (χ3n) is 3.71. The van der Waals surface area contributed by atoms with Crippen LogP contribution in [0.5, 0.6) is 5.75 Å². The van der Waals surface area contributed by atoms with Crippen LogP contribution in [0.2, 0.25) is 0 Å². The zero-order chi connectivity index (χ0) is 17.3. The highest BCUT2D eigenvalue weighted by atomic mass is 19.4. The van der Waals surface area contributed by atoms with Gasteiger partial charge in [-0.3, -0.25) is 4.79 Å². The highest BCUT2D eigenvalue weighted by Crippen LogP contribution is 2.37. The third-order valence-corrected chi connectivity index (χ3v) is 3.71. The fourth-order valence-corrected chi connectivity index (χ4v) is 2.70. The number of nitrogens with zero attached hydrogens (tertiary/aromatic N) is 1. The van der Waals surface area contributed by atoms with Gasteiger partial charge < -0.3 is 9.64 Å². The first-order chi connectivity index (χ1) is 11.3. The van der Waals surface area contributed by atoms with Crippen molar-refractivity contribution in [2.24, 2.45) is 0 Å². The van der Waals surface area contributed by atoms with Crippen molar-refractivity contribution in [2.45, 2.75) is 19.2 Å². The summed E-state index contributed by atoms with van der Waals surface area (Å²) in [5, 5.41) is 0. The van der Waals surface area contributed by atoms with Crippen LogP contribution in [0, 0.1) is 5.82 Å². The Morgan fingerprint density at radius 3 is 2.50 bits per heavy atom. The molecule has 0 bridgehead atoms. The minimum atomic E-state index is -4.87. The number of rotatable bonds is 3. The largest absolute Gasteiger partial charge is 0.573 e. The minimum Gasteiger partial charge on any atom is -0.405 e. The molecule has 1 saturated heterocycles. The molecular weight excluding hydrogens is 326 g/mol. The maximum atomic E-state index is 13.5. The van der Waals surface area contributed by atoms with Crippen LogP contribution < -0.4 is 9.64 Å². The van der Waals surface area contributed by atoms with Gasteiger partial charge in [-0.15, -0.1) is 13.2 Å². The molecule has 1 fully saturated rings. The van der Waals surface area contributed by atoms with Crippen LogP contribution in [0.25, 0.3) is 11.1 Å². The van der Waals surface area contributed by atoms with E-state index in [0.29, 0.717) is 25.1 Å². The van der Waals surface area contributed by atoms with Gasteiger partial charge >= 0.3 is 6.36 Å². The van der Waals surface area contributed by atoms with Crippen molar-refractivity contribution in [2.75, 3.05) is 11.4 Å². The maximum Gasteiger partial charge on any atom is 0.573 e. The Labute approximate surface area is 135 Å². The second kappa shape index (κ2) is 6.14. The number of anilines is 1. The SMILES string of the molecule is O=C1CCCN1c1ccc(OC(F)(F)F)c(-c2cccc(F)c2)c1. The Balaban J connectivity index is 2.08. The molecule has 0 unspecified atom stereocenters. The van der Waals surface area contributed by atoms with Crippen molar-refractivity contribution < 1.29 is 27.1 Å². The molecule has 0 spiro atoms. The first-order valence-corrected chi connectivity index (χ1v) is 7.29. The van der Waals surface area contributed by atoms with Gasteiger partial charge in [0.1, 0.15) is 11.6 Å². The lowest BCUT2D eigenvalue weighted by molar-refractivity contribution is -0.274. The van der Waals surface area contributed by atoms with Crippen LogP contribution in [0.15, 0.2) is 42.5 Å². The number of hydrogen-bond acceptors (Lipinski definition) is 2. The lowest BCUT2D eigenvalue weighted by Crippen LogP contribution is -2.24. The average Bonchev–Trinajstić information content (AvgIpc) is 2.92. The predicted molar refractivity (Wildman–Crippen MR) is 80.1 cm³/mol. The predicted octanol–water partition coefficient (Wildman–Crippen LogP) is 4.52. The molecule has 1 aliphatic heterocycles. The second-order valence-corrected chi connectivity index (χ2v) is 5.39. The molecule has 1 amide bonds. The molecule has 0 saturated carbocycles. The molecule has 0 radical (unpaired) electrons. The highest BCUT2D eigenvalue weighted by molar-refractivity contribution is 5.96. The Morgan fingerprint density at radius 1 is 1.08 bits per heavy atom. The molecule has 3 nitrogen and oxygen atoms in total. The summed E-state index contributed by atoms with van der Waals surface area (Å²) in [6, 6.07) is 9.16. The summed E-state index contributed by atoms with van der Waals surface area (Å²) in [5.74, 6) is -1.11. The fourth-order valence-electron chi connectivity index (χ4n) is 2.70. The number of amides is 1. The van der Waals surface area contributed by atoms with Gasteiger partial charge in [-0.05, 0) is 42.3 Å². The van der Waals surface area contributed by atoms with Gasteiger partial charge in [0.05, 0.1) is 0 Å². The van der Waals surface area contributed by atoms with Crippen LogP contribution in [-0.4, -0.2) is 18.8 Å². The van der Waals surface area contributed by atoms with Gasteiger partial charge in [0.15, 0.2) is 0 Å². The van der Waals surface area contributed by atoms with E-state index < -0.39 is 17.9 Å². The molecular formula is C17H13F4NO2. The summed E-state index contributed by atoms with van der Waals surface area (Å²) in [6.45, 7) is 0.501. The van der Waals surface area contributed by atoms with Gasteiger partial charge in [-0.2, -0.15) is 0 Å². The van der Waals surface area contributed by atoms with Gasteiger partial charge in [0.25, 0.3) is 0 Å². The molecule has 24 heavy (non-hydrogen) atoms. The lowest BCUT2D eigenvalue weighted by Gasteiger charge is -2.19. The quantitative estimate of drug-likeness (QED) is 0.770. The Morgan fingerprint density at radius 2 is 1.88 bits per heavy atom. The van der Waals surface area contributed by atoms with Crippen LogP contribution in [0.4, 0.5) is 23.2 Å². The molecule has 0 N–H and O–H groups in total. The summed E-state index contributed by atoms with van der Waals surface area (Å²) in [4.78, 5) is 13.3. The van der Waals surface area contributed by atoms with Crippen molar-refractivity contribution in [1.29, 1.82) is 0 Å². The van der Waals surface area contributed by atoms with Crippen LogP contribution in [-0.2, 0) is 4.79 Å². The molecule has 0 aliphatic carbocycles. The summed E-state index contributed by atoms with van der Waals surface area (Å²) in [7, 11) is 0. The minimum absolute atomic E-state index is 0.0732. The van der Waals surface area contributed by atoms with Crippen LogP contribution >= 0.6 is 0 Å². The number of carbonyl (C=O) groups excluding carboxylic acids is 1. The van der Waals surface area contributed by atoms with Crippen LogP contribution in [0.3, 0.4) is 0 Å². The molecule has 3 rings (SSSR count). The molecule has 126 valence electrons. The summed E-state index contributed by atoms with van der Waals surface area (Å²) in [6.07, 6.45) is -3.78. The van der Waals surface area contributed by atoms with Gasteiger partial charge in [0, 0.05) is 24.2 Å². The van der Waals surface area contributed by atoms with E-state index in [1.165, 1.54) is 35.2 Å². The number of carbonyl (C=O) groups is 1. The topological polar surface area (TPSA) is 29.5 Å². The molecule has 7 heteroatoms. The van der Waals surface area contributed by atoms with Crippen molar-refractivity contribution in [3.63, 3.8) is 0 Å². The Bertz CT molecular complexity index is 773. The van der Waals surface area contributed by atoms with E-state index >= 15 is 0 Å². The molecule has 0 atom stereocenters. The van der Waals surface area contributed by atoms with E-state index in [2.05, 4.69) is 4.74 Å². The lowest BCUT2D eigenvalue weighted by atomic mass is 10.0. The highest BCUT2D eigenvalue weighted by Gasteiger charge is 2.33. The molecule has 1 aliphatic rings. The van der Waals surface area contributed by atoms with Crippen molar-refractivity contribution >= 4 is 11.6 Å². The van der Waals surface area contributed by atoms with E-state index in [4.69, 9.17) is 0 Å². The van der Waals surface area contributed by atoms with Crippen LogP contribution in [0.1, 0.15) is 12.8 Å². The molecule has 1 heterocycles. The summed E-state index contributed by atoms with van der Waals surface area (Å²) in [5.41, 5.74) is 0.776. The van der Waals surface area contributed by atoms with E-state index in [1.54, 1.807) is 0 Å². The first kappa shape index (κ1) is 16.3. The standard InChI is InChI=1S/C17H13F4NO2/c18-12-4-1-3-11(9-12)14-10-13(22-8-2-5-16(22)23)6-7-15(14)24-17(19,20)21/h1,3-4,6-7,9-10H,2,5,8H2. The molecule has 0 aromatic heterocycles. The zero-order valence-electron chi connectivity index (χ0n) is 12.4. The summed E-state index contributed by atoms with van der Waals surface area (Å²) < 4.78 is 55.4. The Hall–Kier alpha value is -2.57. The van der Waals surface area contributed by atoms with Crippen molar-refractivity contribution in [1.82, 2.24) is 0 Å². The number of ether oxygens (including phenoxy) is 1. The average molecular weight is 339 g/mol. The van der Waals surface area contributed by atoms with Crippen molar-refractivity contribution in [3.05, 3.63) is 48.3 Å². The zero-order valence-corrected chi connectivity index (χ0v) is 12.4. The normalized spacial score (nSPS) is 15.0. The second-order valence-electron chi connectivity index (χ2n) is 5.39. The van der Waals surface area contributed by atoms with Gasteiger partial charge in [0.2, 0.25) is 5.91 Å². The third kappa shape index (κ3) is 3.50. The van der Waals surface area contributed by atoms with Gasteiger partial charge in [-0.1, -0.05) is 12.1 Å². The van der Waals surface area contributed by atoms with Gasteiger partial charge in [-0.25, -0.2) is 4.39 Å². The number of hydrogen-bond donors (Lipinski definition) is 0. The van der Waals surface area contributed by atoms with E-state index in [9.17, 15) is 22.4 Å². The number of alkyl halides is 3. The number of halogens is 4. The Kier molecular flexibility index (Phi) is 4.17. The molecule has 2 aromatic carbocycles. The maximum absolute atomic E-state index is 13.5.